The van der Waals surface area contributed by atoms with Crippen LogP contribution in [0.5, 0.6) is 0 Å². The van der Waals surface area contributed by atoms with Crippen LogP contribution in [0.4, 0.5) is 5.69 Å². The topological polar surface area (TPSA) is 80.4 Å². The number of carbonyl (C=O) groups is 1. The molecule has 0 atom stereocenters. The van der Waals surface area contributed by atoms with Gasteiger partial charge in [-0.2, -0.15) is 0 Å². The van der Waals surface area contributed by atoms with Crippen LogP contribution < -0.4 is 0 Å². The lowest BCUT2D eigenvalue weighted by molar-refractivity contribution is -0.385. The number of hydrogen-bond donors (Lipinski definition) is 1. The number of nitrogens with zero attached hydrogens (tertiary/aromatic N) is 1. The van der Waals surface area contributed by atoms with Gasteiger partial charge in [0.1, 0.15) is 0 Å². The molecule has 6 heteroatoms. The molecule has 0 aliphatic heterocycles. The second kappa shape index (κ2) is 6.19. The monoisotopic (exact) mass is 303 g/mol. The maximum absolute atomic E-state index is 11.4. The standard InChI is InChI=1S/C15H10ClNO4/c16-12-7-6-11(14(9-12)17(20)21)8-13(15(18)19)10-4-2-1-3-5-10/h1-9H,(H,18,19). The first-order valence-corrected chi connectivity index (χ1v) is 6.31. The average Bonchev–Trinajstić information content (AvgIpc) is 2.46. The van der Waals surface area contributed by atoms with E-state index in [-0.39, 0.29) is 21.8 Å². The second-order valence-corrected chi connectivity index (χ2v) is 4.63. The first-order chi connectivity index (χ1) is 9.99. The van der Waals surface area contributed by atoms with E-state index in [2.05, 4.69) is 0 Å². The Kier molecular flexibility index (Phi) is 4.35. The van der Waals surface area contributed by atoms with Gasteiger partial charge >= 0.3 is 5.97 Å². The van der Waals surface area contributed by atoms with Crippen LogP contribution in [0.15, 0.2) is 48.5 Å². The summed E-state index contributed by atoms with van der Waals surface area (Å²) in [5, 5.41) is 20.6. The lowest BCUT2D eigenvalue weighted by Gasteiger charge is -2.04. The van der Waals surface area contributed by atoms with Crippen molar-refractivity contribution in [1.82, 2.24) is 0 Å². The predicted molar refractivity (Wildman–Crippen MR) is 80.1 cm³/mol. The summed E-state index contributed by atoms with van der Waals surface area (Å²) in [6.07, 6.45) is 1.27. The Morgan fingerprint density at radius 2 is 1.86 bits per heavy atom. The summed E-state index contributed by atoms with van der Waals surface area (Å²) >= 11 is 5.74. The van der Waals surface area contributed by atoms with Crippen molar-refractivity contribution in [3.63, 3.8) is 0 Å². The first-order valence-electron chi connectivity index (χ1n) is 5.93. The number of carboxylic acids is 1. The van der Waals surface area contributed by atoms with E-state index in [1.165, 1.54) is 24.3 Å². The summed E-state index contributed by atoms with van der Waals surface area (Å²) in [6, 6.07) is 12.5. The fourth-order valence-corrected chi connectivity index (χ4v) is 2.01. The van der Waals surface area contributed by atoms with Crippen molar-refractivity contribution in [2.24, 2.45) is 0 Å². The van der Waals surface area contributed by atoms with Crippen LogP contribution in [0, 0.1) is 10.1 Å². The molecule has 0 bridgehead atoms. The highest BCUT2D eigenvalue weighted by Gasteiger charge is 2.16. The van der Waals surface area contributed by atoms with Gasteiger partial charge < -0.3 is 5.11 Å². The summed E-state index contributed by atoms with van der Waals surface area (Å²) in [7, 11) is 0. The average molecular weight is 304 g/mol. The Labute approximate surface area is 125 Å². The van der Waals surface area contributed by atoms with Crippen molar-refractivity contribution in [3.05, 3.63) is 74.8 Å². The smallest absolute Gasteiger partial charge is 0.336 e. The molecular weight excluding hydrogens is 294 g/mol. The van der Waals surface area contributed by atoms with Gasteiger partial charge in [-0.05, 0) is 23.8 Å². The Morgan fingerprint density at radius 1 is 1.19 bits per heavy atom. The van der Waals surface area contributed by atoms with Gasteiger partial charge in [-0.1, -0.05) is 41.9 Å². The molecule has 0 aliphatic rings. The van der Waals surface area contributed by atoms with Crippen LogP contribution in [0.3, 0.4) is 0 Å². The van der Waals surface area contributed by atoms with Crippen molar-refractivity contribution in [2.45, 2.75) is 0 Å². The molecule has 0 radical (unpaired) electrons. The molecule has 0 heterocycles. The van der Waals surface area contributed by atoms with Crippen molar-refractivity contribution in [1.29, 1.82) is 0 Å². The minimum absolute atomic E-state index is 0.0268. The summed E-state index contributed by atoms with van der Waals surface area (Å²) in [6.45, 7) is 0. The summed E-state index contributed by atoms with van der Waals surface area (Å²) < 4.78 is 0. The van der Waals surface area contributed by atoms with Gasteiger partial charge in [-0.15, -0.1) is 0 Å². The Balaban J connectivity index is 2.59. The molecule has 0 fully saturated rings. The maximum Gasteiger partial charge on any atom is 0.336 e. The number of rotatable bonds is 4. The van der Waals surface area contributed by atoms with Crippen molar-refractivity contribution in [3.8, 4) is 0 Å². The molecule has 5 nitrogen and oxygen atoms in total. The van der Waals surface area contributed by atoms with Crippen molar-refractivity contribution >= 4 is 34.9 Å². The summed E-state index contributed by atoms with van der Waals surface area (Å²) in [5.74, 6) is -1.16. The van der Waals surface area contributed by atoms with Gasteiger partial charge in [0, 0.05) is 11.1 Å². The largest absolute Gasteiger partial charge is 0.478 e. The van der Waals surface area contributed by atoms with E-state index in [4.69, 9.17) is 11.6 Å². The van der Waals surface area contributed by atoms with E-state index in [0.29, 0.717) is 5.56 Å². The first kappa shape index (κ1) is 14.7. The minimum Gasteiger partial charge on any atom is -0.478 e. The lowest BCUT2D eigenvalue weighted by Crippen LogP contribution is -2.00. The molecule has 2 rings (SSSR count). The van der Waals surface area contributed by atoms with Crippen molar-refractivity contribution < 1.29 is 14.8 Å². The van der Waals surface area contributed by atoms with Gasteiger partial charge in [0.15, 0.2) is 0 Å². The molecule has 0 unspecified atom stereocenters. The Hall–Kier alpha value is -2.66. The van der Waals surface area contributed by atoms with Gasteiger partial charge in [0.25, 0.3) is 5.69 Å². The second-order valence-electron chi connectivity index (χ2n) is 4.19. The van der Waals surface area contributed by atoms with E-state index in [9.17, 15) is 20.0 Å². The Bertz CT molecular complexity index is 726. The predicted octanol–water partition coefficient (Wildman–Crippen LogP) is 3.87. The molecule has 0 aliphatic carbocycles. The fraction of sp³-hybridized carbons (Fsp3) is 0. The van der Waals surface area contributed by atoms with Crippen LogP contribution in [0.2, 0.25) is 5.02 Å². The summed E-state index contributed by atoms with van der Waals surface area (Å²) in [5.41, 5.74) is 0.387. The number of nitro groups is 1. The molecule has 1 N–H and O–H groups in total. The van der Waals surface area contributed by atoms with E-state index in [1.54, 1.807) is 30.3 Å². The third-order valence-electron chi connectivity index (χ3n) is 2.80. The molecule has 0 amide bonds. The lowest BCUT2D eigenvalue weighted by atomic mass is 10.0. The highest BCUT2D eigenvalue weighted by atomic mass is 35.5. The van der Waals surface area contributed by atoms with Gasteiger partial charge in [-0.25, -0.2) is 4.79 Å². The van der Waals surface area contributed by atoms with E-state index >= 15 is 0 Å². The minimum atomic E-state index is -1.16. The molecule has 106 valence electrons. The zero-order chi connectivity index (χ0) is 15.4. The number of halogens is 1. The fourth-order valence-electron chi connectivity index (χ4n) is 1.84. The molecule has 21 heavy (non-hydrogen) atoms. The molecule has 0 aromatic heterocycles. The van der Waals surface area contributed by atoms with Crippen LogP contribution in [0.25, 0.3) is 11.6 Å². The number of aliphatic carboxylic acids is 1. The summed E-state index contributed by atoms with van der Waals surface area (Å²) in [4.78, 5) is 21.8. The maximum atomic E-state index is 11.4. The third kappa shape index (κ3) is 3.46. The highest BCUT2D eigenvalue weighted by molar-refractivity contribution is 6.31. The zero-order valence-electron chi connectivity index (χ0n) is 10.7. The van der Waals surface area contributed by atoms with E-state index in [0.717, 1.165) is 0 Å². The molecule has 0 spiro atoms. The normalized spacial score (nSPS) is 11.2. The molecule has 0 saturated carbocycles. The van der Waals surface area contributed by atoms with Crippen LogP contribution in [-0.2, 0) is 4.79 Å². The van der Waals surface area contributed by atoms with Crippen LogP contribution in [0.1, 0.15) is 11.1 Å². The third-order valence-corrected chi connectivity index (χ3v) is 3.04. The molecule has 0 saturated heterocycles. The van der Waals surface area contributed by atoms with Gasteiger partial charge in [-0.3, -0.25) is 10.1 Å². The SMILES string of the molecule is O=C(O)C(=Cc1ccc(Cl)cc1[N+](=O)[O-])c1ccccc1. The number of carboxylic acid groups (broad SMARTS) is 1. The van der Waals surface area contributed by atoms with Crippen LogP contribution >= 0.6 is 11.6 Å². The quantitative estimate of drug-likeness (QED) is 0.402. The van der Waals surface area contributed by atoms with Crippen molar-refractivity contribution in [2.75, 3.05) is 0 Å². The van der Waals surface area contributed by atoms with E-state index < -0.39 is 10.9 Å². The zero-order valence-corrected chi connectivity index (χ0v) is 11.4. The molecule has 2 aromatic carbocycles. The number of hydrogen-bond acceptors (Lipinski definition) is 3. The highest BCUT2D eigenvalue weighted by Crippen LogP contribution is 2.27. The van der Waals surface area contributed by atoms with Gasteiger partial charge in [0.2, 0.25) is 0 Å². The Morgan fingerprint density at radius 3 is 2.43 bits per heavy atom. The number of nitro benzene ring substituents is 1. The van der Waals surface area contributed by atoms with Crippen LogP contribution in [-0.4, -0.2) is 16.0 Å². The number of benzene rings is 2. The van der Waals surface area contributed by atoms with E-state index in [1.807, 2.05) is 0 Å². The molecule has 2 aromatic rings. The van der Waals surface area contributed by atoms with Gasteiger partial charge in [0.05, 0.1) is 16.1 Å². The molecular formula is C15H10ClNO4.